The third kappa shape index (κ3) is 4.32. The number of nitrogens with one attached hydrogen (secondary N) is 1. The summed E-state index contributed by atoms with van der Waals surface area (Å²) in [6.07, 6.45) is 10.4. The molecular weight excluding hydrogens is 366 g/mol. The minimum absolute atomic E-state index is 0.0965. The topological polar surface area (TPSA) is 58.6 Å². The summed E-state index contributed by atoms with van der Waals surface area (Å²) in [6.45, 7) is 6.33. The van der Waals surface area contributed by atoms with E-state index in [4.69, 9.17) is 4.98 Å². The van der Waals surface area contributed by atoms with Gasteiger partial charge in [0.15, 0.2) is 0 Å². The molecule has 0 spiro atoms. The molecule has 0 radical (unpaired) electrons. The van der Waals surface area contributed by atoms with Gasteiger partial charge in [-0.3, -0.25) is 9.78 Å². The van der Waals surface area contributed by atoms with E-state index in [2.05, 4.69) is 46.7 Å². The molecule has 0 bridgehead atoms. The van der Waals surface area contributed by atoms with E-state index in [1.807, 2.05) is 12.3 Å². The van der Waals surface area contributed by atoms with Gasteiger partial charge < -0.3 is 4.98 Å². The molecule has 2 aromatic rings. The second-order valence-electron chi connectivity index (χ2n) is 6.19. The SMILES string of the molecule is CCC.CCc1cnccc1-c1nc(C2CCCC2)c(Br)c(=O)[nH]1. The summed E-state index contributed by atoms with van der Waals surface area (Å²) in [4.78, 5) is 24.0. The molecule has 1 N–H and O–H groups in total. The van der Waals surface area contributed by atoms with Crippen molar-refractivity contribution in [3.8, 4) is 11.4 Å². The lowest BCUT2D eigenvalue weighted by atomic mass is 10.0. The number of aromatic amines is 1. The van der Waals surface area contributed by atoms with E-state index >= 15 is 0 Å². The van der Waals surface area contributed by atoms with Crippen LogP contribution in [0.25, 0.3) is 11.4 Å². The first-order chi connectivity index (χ1) is 11.6. The Morgan fingerprint density at radius 1 is 1.25 bits per heavy atom. The van der Waals surface area contributed by atoms with Crippen LogP contribution in [0.5, 0.6) is 0 Å². The van der Waals surface area contributed by atoms with Gasteiger partial charge in [-0.05, 0) is 46.8 Å². The van der Waals surface area contributed by atoms with Crippen LogP contribution in [0.2, 0.25) is 0 Å². The maximum absolute atomic E-state index is 12.2. The molecular formula is C19H26BrN3O. The average Bonchev–Trinajstić information content (AvgIpc) is 3.12. The number of rotatable bonds is 3. The maximum Gasteiger partial charge on any atom is 0.265 e. The molecule has 1 fully saturated rings. The van der Waals surface area contributed by atoms with Gasteiger partial charge in [-0.1, -0.05) is 40.0 Å². The summed E-state index contributed by atoms with van der Waals surface area (Å²) in [6, 6.07) is 1.92. The molecule has 0 saturated heterocycles. The quantitative estimate of drug-likeness (QED) is 0.778. The van der Waals surface area contributed by atoms with E-state index in [1.165, 1.54) is 19.3 Å². The fourth-order valence-corrected chi connectivity index (χ4v) is 3.52. The summed E-state index contributed by atoms with van der Waals surface area (Å²) in [5.74, 6) is 1.05. The van der Waals surface area contributed by atoms with Gasteiger partial charge in [-0.15, -0.1) is 0 Å². The number of aromatic nitrogens is 3. The monoisotopic (exact) mass is 391 g/mol. The molecule has 2 aromatic heterocycles. The highest BCUT2D eigenvalue weighted by molar-refractivity contribution is 9.10. The third-order valence-electron chi connectivity index (χ3n) is 4.17. The molecule has 0 unspecified atom stereocenters. The lowest BCUT2D eigenvalue weighted by Gasteiger charge is -2.13. The summed E-state index contributed by atoms with van der Waals surface area (Å²) >= 11 is 3.41. The highest BCUT2D eigenvalue weighted by Crippen LogP contribution is 2.36. The minimum atomic E-state index is -0.0965. The zero-order valence-electron chi connectivity index (χ0n) is 14.7. The first-order valence-electron chi connectivity index (χ1n) is 8.85. The van der Waals surface area contributed by atoms with E-state index in [9.17, 15) is 4.79 Å². The van der Waals surface area contributed by atoms with Crippen molar-refractivity contribution in [2.24, 2.45) is 0 Å². The van der Waals surface area contributed by atoms with Gasteiger partial charge in [0.2, 0.25) is 0 Å². The highest BCUT2D eigenvalue weighted by Gasteiger charge is 2.23. The van der Waals surface area contributed by atoms with Crippen molar-refractivity contribution in [1.29, 1.82) is 0 Å². The zero-order valence-corrected chi connectivity index (χ0v) is 16.3. The summed E-state index contributed by atoms with van der Waals surface area (Å²) in [5, 5.41) is 0. The number of halogens is 1. The van der Waals surface area contributed by atoms with Crippen molar-refractivity contribution in [1.82, 2.24) is 15.0 Å². The van der Waals surface area contributed by atoms with E-state index in [-0.39, 0.29) is 5.56 Å². The van der Waals surface area contributed by atoms with E-state index < -0.39 is 0 Å². The number of hydrogen-bond donors (Lipinski definition) is 1. The molecule has 1 aliphatic carbocycles. The Labute approximate surface area is 152 Å². The minimum Gasteiger partial charge on any atom is -0.306 e. The maximum atomic E-state index is 12.2. The first kappa shape index (κ1) is 18.8. The van der Waals surface area contributed by atoms with Crippen molar-refractivity contribution in [2.45, 2.75) is 65.2 Å². The van der Waals surface area contributed by atoms with E-state index in [0.717, 1.165) is 36.1 Å². The molecule has 3 rings (SSSR count). The van der Waals surface area contributed by atoms with Gasteiger partial charge in [0.1, 0.15) is 10.3 Å². The fraction of sp³-hybridized carbons (Fsp3) is 0.526. The Morgan fingerprint density at radius 3 is 2.54 bits per heavy atom. The van der Waals surface area contributed by atoms with Crippen LogP contribution in [-0.4, -0.2) is 15.0 Å². The van der Waals surface area contributed by atoms with Gasteiger partial charge >= 0.3 is 0 Å². The lowest BCUT2D eigenvalue weighted by Crippen LogP contribution is -2.15. The van der Waals surface area contributed by atoms with Crippen molar-refractivity contribution < 1.29 is 0 Å². The van der Waals surface area contributed by atoms with E-state index in [0.29, 0.717) is 16.2 Å². The number of H-pyrrole nitrogens is 1. The Morgan fingerprint density at radius 2 is 1.92 bits per heavy atom. The first-order valence-corrected chi connectivity index (χ1v) is 9.64. The fourth-order valence-electron chi connectivity index (χ4n) is 3.01. The van der Waals surface area contributed by atoms with Crippen molar-refractivity contribution in [3.63, 3.8) is 0 Å². The molecule has 0 amide bonds. The normalized spacial score (nSPS) is 14.3. The standard InChI is InChI=1S/C16H18BrN3O.C3H8/c1-2-10-9-18-8-7-12(10)15-19-14(11-5-3-4-6-11)13(17)16(21)20-15;1-3-2/h7-9,11H,2-6H2,1H3,(H,19,20,21);3H2,1-2H3. The molecule has 130 valence electrons. The Hall–Kier alpha value is -1.49. The van der Waals surface area contributed by atoms with Crippen LogP contribution in [0, 0.1) is 0 Å². The Bertz CT molecular complexity index is 721. The van der Waals surface area contributed by atoms with Gasteiger partial charge in [0.25, 0.3) is 5.56 Å². The lowest BCUT2D eigenvalue weighted by molar-refractivity contribution is 0.688. The molecule has 4 nitrogen and oxygen atoms in total. The largest absolute Gasteiger partial charge is 0.306 e. The van der Waals surface area contributed by atoms with Crippen molar-refractivity contribution >= 4 is 15.9 Å². The second kappa shape index (κ2) is 9.11. The third-order valence-corrected chi connectivity index (χ3v) is 4.94. The van der Waals surface area contributed by atoms with Gasteiger partial charge in [0.05, 0.1) is 5.69 Å². The van der Waals surface area contributed by atoms with E-state index in [1.54, 1.807) is 6.20 Å². The Kier molecular flexibility index (Phi) is 7.16. The predicted octanol–water partition coefficient (Wildman–Crippen LogP) is 5.23. The zero-order chi connectivity index (χ0) is 17.5. The van der Waals surface area contributed by atoms with Crippen LogP contribution in [-0.2, 0) is 6.42 Å². The van der Waals surface area contributed by atoms with Crippen LogP contribution in [0.3, 0.4) is 0 Å². The van der Waals surface area contributed by atoms with Crippen LogP contribution < -0.4 is 5.56 Å². The van der Waals surface area contributed by atoms with Crippen molar-refractivity contribution in [3.05, 3.63) is 44.5 Å². The van der Waals surface area contributed by atoms with Crippen molar-refractivity contribution in [2.75, 3.05) is 0 Å². The van der Waals surface area contributed by atoms with Crippen LogP contribution in [0.15, 0.2) is 27.7 Å². The summed E-state index contributed by atoms with van der Waals surface area (Å²) in [7, 11) is 0. The highest BCUT2D eigenvalue weighted by atomic mass is 79.9. The molecule has 0 aromatic carbocycles. The van der Waals surface area contributed by atoms with Gasteiger partial charge in [-0.2, -0.15) is 0 Å². The number of aryl methyl sites for hydroxylation is 1. The van der Waals surface area contributed by atoms with Gasteiger partial charge in [0, 0.05) is 23.9 Å². The second-order valence-corrected chi connectivity index (χ2v) is 6.98. The molecule has 24 heavy (non-hydrogen) atoms. The molecule has 2 heterocycles. The van der Waals surface area contributed by atoms with Crippen LogP contribution in [0.1, 0.15) is 70.1 Å². The molecule has 0 atom stereocenters. The van der Waals surface area contributed by atoms with Crippen LogP contribution >= 0.6 is 15.9 Å². The van der Waals surface area contributed by atoms with Crippen LogP contribution in [0.4, 0.5) is 0 Å². The smallest absolute Gasteiger partial charge is 0.265 e. The average molecular weight is 392 g/mol. The molecule has 0 aliphatic heterocycles. The van der Waals surface area contributed by atoms with Gasteiger partial charge in [-0.25, -0.2) is 4.98 Å². The molecule has 5 heteroatoms. The number of hydrogen-bond acceptors (Lipinski definition) is 3. The molecule has 1 aliphatic rings. The Balaban J connectivity index is 0.000000647. The molecule has 1 saturated carbocycles. The summed E-state index contributed by atoms with van der Waals surface area (Å²) in [5.41, 5.74) is 2.88. The predicted molar refractivity (Wildman–Crippen MR) is 102 cm³/mol. The number of nitrogens with zero attached hydrogens (tertiary/aromatic N) is 2. The summed E-state index contributed by atoms with van der Waals surface area (Å²) < 4.78 is 0.588. The number of pyridine rings is 1.